The molecule has 2 rings (SSSR count). The zero-order valence-electron chi connectivity index (χ0n) is 12.8. The van der Waals surface area contributed by atoms with Crippen LogP contribution >= 0.6 is 0 Å². The molecular weight excluding hydrogens is 290 g/mol. The van der Waals surface area contributed by atoms with E-state index >= 15 is 0 Å². The SMILES string of the molecule is CC[C@H](C)C(=O)N1CCN(C(=O)c2ccc(F)cc2F)CC1. The van der Waals surface area contributed by atoms with Gasteiger partial charge in [-0.05, 0) is 18.6 Å². The van der Waals surface area contributed by atoms with E-state index in [4.69, 9.17) is 0 Å². The number of benzene rings is 1. The highest BCUT2D eigenvalue weighted by molar-refractivity contribution is 5.94. The molecule has 0 aromatic heterocycles. The fourth-order valence-corrected chi connectivity index (χ4v) is 2.45. The maximum Gasteiger partial charge on any atom is 0.256 e. The van der Waals surface area contributed by atoms with Gasteiger partial charge in [-0.1, -0.05) is 13.8 Å². The summed E-state index contributed by atoms with van der Waals surface area (Å²) in [6, 6.07) is 2.93. The molecule has 1 aromatic carbocycles. The van der Waals surface area contributed by atoms with Crippen molar-refractivity contribution in [1.82, 2.24) is 9.80 Å². The van der Waals surface area contributed by atoms with Crippen LogP contribution in [-0.2, 0) is 4.79 Å². The van der Waals surface area contributed by atoms with Crippen molar-refractivity contribution < 1.29 is 18.4 Å². The van der Waals surface area contributed by atoms with Crippen LogP contribution in [0.5, 0.6) is 0 Å². The van der Waals surface area contributed by atoms with Gasteiger partial charge < -0.3 is 9.80 Å². The van der Waals surface area contributed by atoms with Gasteiger partial charge in [0.15, 0.2) is 0 Å². The van der Waals surface area contributed by atoms with Crippen LogP contribution in [0.15, 0.2) is 18.2 Å². The van der Waals surface area contributed by atoms with E-state index in [9.17, 15) is 18.4 Å². The van der Waals surface area contributed by atoms with Gasteiger partial charge in [0.1, 0.15) is 11.6 Å². The van der Waals surface area contributed by atoms with Crippen LogP contribution < -0.4 is 0 Å². The van der Waals surface area contributed by atoms with Crippen molar-refractivity contribution >= 4 is 11.8 Å². The molecule has 1 heterocycles. The van der Waals surface area contributed by atoms with E-state index in [0.717, 1.165) is 18.6 Å². The van der Waals surface area contributed by atoms with Gasteiger partial charge in [-0.15, -0.1) is 0 Å². The molecule has 0 unspecified atom stereocenters. The Labute approximate surface area is 128 Å². The Morgan fingerprint density at radius 2 is 1.73 bits per heavy atom. The minimum absolute atomic E-state index is 0.0307. The molecule has 1 atom stereocenters. The number of piperazine rings is 1. The van der Waals surface area contributed by atoms with Crippen LogP contribution in [0.4, 0.5) is 8.78 Å². The number of carbonyl (C=O) groups excluding carboxylic acids is 2. The van der Waals surface area contributed by atoms with Crippen LogP contribution in [0.2, 0.25) is 0 Å². The molecule has 22 heavy (non-hydrogen) atoms. The number of amides is 2. The minimum atomic E-state index is -0.858. The molecule has 1 aromatic rings. The van der Waals surface area contributed by atoms with E-state index in [0.29, 0.717) is 32.2 Å². The average molecular weight is 310 g/mol. The van der Waals surface area contributed by atoms with Crippen molar-refractivity contribution in [3.63, 3.8) is 0 Å². The molecular formula is C16H20F2N2O2. The largest absolute Gasteiger partial charge is 0.339 e. The van der Waals surface area contributed by atoms with Crippen molar-refractivity contribution in [3.05, 3.63) is 35.4 Å². The van der Waals surface area contributed by atoms with E-state index in [1.54, 1.807) is 4.90 Å². The van der Waals surface area contributed by atoms with Crippen molar-refractivity contribution in [1.29, 1.82) is 0 Å². The number of halogens is 2. The maximum absolute atomic E-state index is 13.7. The summed E-state index contributed by atoms with van der Waals surface area (Å²) in [4.78, 5) is 27.6. The Morgan fingerprint density at radius 3 is 2.27 bits per heavy atom. The van der Waals surface area contributed by atoms with Gasteiger partial charge in [0, 0.05) is 38.2 Å². The molecule has 0 N–H and O–H groups in total. The van der Waals surface area contributed by atoms with E-state index in [-0.39, 0.29) is 17.4 Å². The van der Waals surface area contributed by atoms with E-state index < -0.39 is 17.5 Å². The van der Waals surface area contributed by atoms with Gasteiger partial charge >= 0.3 is 0 Å². The second-order valence-corrected chi connectivity index (χ2v) is 5.55. The van der Waals surface area contributed by atoms with Gasteiger partial charge in [0.25, 0.3) is 5.91 Å². The maximum atomic E-state index is 13.7. The molecule has 120 valence electrons. The summed E-state index contributed by atoms with van der Waals surface area (Å²) in [6.07, 6.45) is 0.777. The Balaban J connectivity index is 1.99. The van der Waals surface area contributed by atoms with Crippen molar-refractivity contribution in [2.45, 2.75) is 20.3 Å². The molecule has 0 aliphatic carbocycles. The molecule has 1 fully saturated rings. The molecule has 6 heteroatoms. The number of carbonyl (C=O) groups is 2. The van der Waals surface area contributed by atoms with E-state index in [1.165, 1.54) is 4.90 Å². The first-order valence-electron chi connectivity index (χ1n) is 7.47. The summed E-state index contributed by atoms with van der Waals surface area (Å²) < 4.78 is 26.6. The summed E-state index contributed by atoms with van der Waals surface area (Å²) in [5.41, 5.74) is -0.136. The number of hydrogen-bond acceptors (Lipinski definition) is 2. The van der Waals surface area contributed by atoms with Crippen LogP contribution in [0.1, 0.15) is 30.6 Å². The lowest BCUT2D eigenvalue weighted by Crippen LogP contribution is -2.51. The second-order valence-electron chi connectivity index (χ2n) is 5.55. The molecule has 0 radical (unpaired) electrons. The summed E-state index contributed by atoms with van der Waals surface area (Å²) in [5.74, 6) is -1.98. The Bertz CT molecular complexity index is 569. The Hall–Kier alpha value is -1.98. The summed E-state index contributed by atoms with van der Waals surface area (Å²) in [5, 5.41) is 0. The summed E-state index contributed by atoms with van der Waals surface area (Å²) >= 11 is 0. The third kappa shape index (κ3) is 3.43. The summed E-state index contributed by atoms with van der Waals surface area (Å²) in [7, 11) is 0. The zero-order valence-corrected chi connectivity index (χ0v) is 12.8. The lowest BCUT2D eigenvalue weighted by molar-refractivity contribution is -0.136. The topological polar surface area (TPSA) is 40.6 Å². The fourth-order valence-electron chi connectivity index (χ4n) is 2.45. The summed E-state index contributed by atoms with van der Waals surface area (Å²) in [6.45, 7) is 5.44. The van der Waals surface area contributed by atoms with E-state index in [2.05, 4.69) is 0 Å². The third-order valence-electron chi connectivity index (χ3n) is 4.07. The lowest BCUT2D eigenvalue weighted by Gasteiger charge is -2.36. The monoisotopic (exact) mass is 310 g/mol. The first-order chi connectivity index (χ1) is 10.4. The van der Waals surface area contributed by atoms with Gasteiger partial charge in [-0.3, -0.25) is 9.59 Å². The van der Waals surface area contributed by atoms with Gasteiger partial charge in [-0.2, -0.15) is 0 Å². The third-order valence-corrected chi connectivity index (χ3v) is 4.07. The normalized spacial score (nSPS) is 16.5. The van der Waals surface area contributed by atoms with Crippen LogP contribution in [0, 0.1) is 17.6 Å². The number of rotatable bonds is 3. The molecule has 0 saturated carbocycles. The van der Waals surface area contributed by atoms with Gasteiger partial charge in [-0.25, -0.2) is 8.78 Å². The lowest BCUT2D eigenvalue weighted by atomic mass is 10.1. The van der Waals surface area contributed by atoms with Crippen molar-refractivity contribution in [3.8, 4) is 0 Å². The van der Waals surface area contributed by atoms with E-state index in [1.807, 2.05) is 13.8 Å². The van der Waals surface area contributed by atoms with Crippen LogP contribution in [0.3, 0.4) is 0 Å². The molecule has 1 aliphatic heterocycles. The number of hydrogen-bond donors (Lipinski definition) is 0. The first-order valence-corrected chi connectivity index (χ1v) is 7.47. The standard InChI is InChI=1S/C16H20F2N2O2/c1-3-11(2)15(21)19-6-8-20(9-7-19)16(22)13-5-4-12(17)10-14(13)18/h4-5,10-11H,3,6-9H2,1-2H3/t11-/m0/s1. The first kappa shape index (κ1) is 16.4. The molecule has 1 saturated heterocycles. The predicted molar refractivity (Wildman–Crippen MR) is 78.3 cm³/mol. The Kier molecular flexibility index (Phi) is 5.11. The average Bonchev–Trinajstić information content (AvgIpc) is 2.53. The Morgan fingerprint density at radius 1 is 1.14 bits per heavy atom. The quantitative estimate of drug-likeness (QED) is 0.859. The highest BCUT2D eigenvalue weighted by atomic mass is 19.1. The second kappa shape index (κ2) is 6.85. The van der Waals surface area contributed by atoms with Gasteiger partial charge in [0.2, 0.25) is 5.91 Å². The van der Waals surface area contributed by atoms with Crippen LogP contribution in [0.25, 0.3) is 0 Å². The molecule has 0 bridgehead atoms. The smallest absolute Gasteiger partial charge is 0.256 e. The van der Waals surface area contributed by atoms with Crippen LogP contribution in [-0.4, -0.2) is 47.8 Å². The molecule has 4 nitrogen and oxygen atoms in total. The predicted octanol–water partition coefficient (Wildman–Crippen LogP) is 2.30. The fraction of sp³-hybridized carbons (Fsp3) is 0.500. The van der Waals surface area contributed by atoms with Gasteiger partial charge in [0.05, 0.1) is 5.56 Å². The minimum Gasteiger partial charge on any atom is -0.339 e. The number of nitrogens with zero attached hydrogens (tertiary/aromatic N) is 2. The van der Waals surface area contributed by atoms with Crippen molar-refractivity contribution in [2.24, 2.45) is 5.92 Å². The molecule has 1 aliphatic rings. The molecule has 2 amide bonds. The molecule has 0 spiro atoms. The highest BCUT2D eigenvalue weighted by Gasteiger charge is 2.27. The highest BCUT2D eigenvalue weighted by Crippen LogP contribution is 2.15. The zero-order chi connectivity index (χ0) is 16.3. The van der Waals surface area contributed by atoms with Crippen molar-refractivity contribution in [2.75, 3.05) is 26.2 Å².